The molecule has 1 heterocycles. The SMILES string of the molecule is CC(C)(C)c1ccc(-c2cc(-c3ccccc3)ncc2C(C)(C)C)cc1. The van der Waals surface area contributed by atoms with E-state index < -0.39 is 0 Å². The Bertz CT molecular complexity index is 876. The molecule has 0 N–H and O–H groups in total. The van der Waals surface area contributed by atoms with Gasteiger partial charge in [-0.25, -0.2) is 0 Å². The van der Waals surface area contributed by atoms with E-state index in [0.29, 0.717) is 0 Å². The van der Waals surface area contributed by atoms with E-state index >= 15 is 0 Å². The summed E-state index contributed by atoms with van der Waals surface area (Å²) >= 11 is 0. The smallest absolute Gasteiger partial charge is 0.0708 e. The van der Waals surface area contributed by atoms with Gasteiger partial charge in [0, 0.05) is 11.8 Å². The van der Waals surface area contributed by atoms with Gasteiger partial charge in [0.25, 0.3) is 0 Å². The standard InChI is InChI=1S/C25H29N/c1-24(2,3)20-14-12-18(13-15-20)21-16-23(19-10-8-7-9-11-19)26-17-22(21)25(4,5)6/h7-17H,1-6H3. The highest BCUT2D eigenvalue weighted by Gasteiger charge is 2.21. The number of benzene rings is 2. The molecule has 0 aliphatic heterocycles. The van der Waals surface area contributed by atoms with Crippen molar-refractivity contribution in [2.45, 2.75) is 52.4 Å². The third-order valence-corrected chi connectivity index (χ3v) is 4.84. The first-order valence-electron chi connectivity index (χ1n) is 9.33. The van der Waals surface area contributed by atoms with Crippen LogP contribution in [0.5, 0.6) is 0 Å². The lowest BCUT2D eigenvalue weighted by atomic mass is 9.81. The van der Waals surface area contributed by atoms with Crippen LogP contribution in [0.1, 0.15) is 52.7 Å². The van der Waals surface area contributed by atoms with Gasteiger partial charge in [0.1, 0.15) is 0 Å². The molecule has 3 rings (SSSR count). The van der Waals surface area contributed by atoms with Crippen molar-refractivity contribution < 1.29 is 0 Å². The van der Waals surface area contributed by atoms with Crippen molar-refractivity contribution in [1.82, 2.24) is 4.98 Å². The van der Waals surface area contributed by atoms with Crippen molar-refractivity contribution in [3.05, 3.63) is 78.0 Å². The van der Waals surface area contributed by atoms with E-state index in [1.165, 1.54) is 22.3 Å². The van der Waals surface area contributed by atoms with Crippen LogP contribution in [0.4, 0.5) is 0 Å². The minimum absolute atomic E-state index is 0.0419. The summed E-state index contributed by atoms with van der Waals surface area (Å²) in [5.41, 5.74) is 7.54. The Kier molecular flexibility index (Phi) is 4.75. The van der Waals surface area contributed by atoms with Crippen LogP contribution >= 0.6 is 0 Å². The van der Waals surface area contributed by atoms with Gasteiger partial charge < -0.3 is 0 Å². The lowest BCUT2D eigenvalue weighted by Gasteiger charge is -2.24. The average Bonchev–Trinajstić information content (AvgIpc) is 2.60. The Hall–Kier alpha value is -2.41. The Balaban J connectivity index is 2.14. The van der Waals surface area contributed by atoms with E-state index in [1.807, 2.05) is 6.07 Å². The topological polar surface area (TPSA) is 12.9 Å². The zero-order chi connectivity index (χ0) is 18.9. The van der Waals surface area contributed by atoms with Gasteiger partial charge >= 0.3 is 0 Å². The van der Waals surface area contributed by atoms with Crippen LogP contribution in [0, 0.1) is 0 Å². The molecule has 3 aromatic rings. The van der Waals surface area contributed by atoms with Gasteiger partial charge in [-0.1, -0.05) is 96.1 Å². The van der Waals surface area contributed by atoms with Crippen molar-refractivity contribution in [3.8, 4) is 22.4 Å². The Labute approximate surface area is 158 Å². The summed E-state index contributed by atoms with van der Waals surface area (Å²) in [5, 5.41) is 0. The van der Waals surface area contributed by atoms with Crippen molar-refractivity contribution in [2.24, 2.45) is 0 Å². The third kappa shape index (κ3) is 3.88. The van der Waals surface area contributed by atoms with E-state index in [-0.39, 0.29) is 10.8 Å². The fourth-order valence-electron chi connectivity index (χ4n) is 3.21. The molecule has 1 heteroatoms. The number of hydrogen-bond acceptors (Lipinski definition) is 1. The molecular weight excluding hydrogens is 314 g/mol. The van der Waals surface area contributed by atoms with Crippen molar-refractivity contribution in [3.63, 3.8) is 0 Å². The maximum absolute atomic E-state index is 4.76. The zero-order valence-electron chi connectivity index (χ0n) is 16.8. The van der Waals surface area contributed by atoms with Gasteiger partial charge in [0.15, 0.2) is 0 Å². The second-order valence-electron chi connectivity index (χ2n) is 9.06. The number of rotatable bonds is 2. The third-order valence-electron chi connectivity index (χ3n) is 4.84. The molecule has 0 fully saturated rings. The molecule has 134 valence electrons. The lowest BCUT2D eigenvalue weighted by Crippen LogP contribution is -2.14. The van der Waals surface area contributed by atoms with Gasteiger partial charge in [-0.2, -0.15) is 0 Å². The van der Waals surface area contributed by atoms with Gasteiger partial charge in [0.2, 0.25) is 0 Å². The summed E-state index contributed by atoms with van der Waals surface area (Å²) in [6.07, 6.45) is 2.05. The van der Waals surface area contributed by atoms with E-state index in [9.17, 15) is 0 Å². The largest absolute Gasteiger partial charge is 0.256 e. The molecule has 0 saturated heterocycles. The zero-order valence-corrected chi connectivity index (χ0v) is 16.8. The predicted molar refractivity (Wildman–Crippen MR) is 113 cm³/mol. The summed E-state index contributed by atoms with van der Waals surface area (Å²) < 4.78 is 0. The van der Waals surface area contributed by atoms with Crippen LogP contribution in [-0.4, -0.2) is 4.98 Å². The van der Waals surface area contributed by atoms with Crippen LogP contribution in [0.15, 0.2) is 66.9 Å². The summed E-state index contributed by atoms with van der Waals surface area (Å²) in [6, 6.07) is 21.6. The number of nitrogens with zero attached hydrogens (tertiary/aromatic N) is 1. The van der Waals surface area contributed by atoms with Crippen LogP contribution in [0.25, 0.3) is 22.4 Å². The molecule has 0 spiro atoms. The predicted octanol–water partition coefficient (Wildman–Crippen LogP) is 7.01. The minimum Gasteiger partial charge on any atom is -0.256 e. The average molecular weight is 344 g/mol. The van der Waals surface area contributed by atoms with E-state index in [2.05, 4.69) is 102 Å². The highest BCUT2D eigenvalue weighted by Crippen LogP contribution is 2.35. The van der Waals surface area contributed by atoms with Gasteiger partial charge in [0.05, 0.1) is 5.69 Å². The summed E-state index contributed by atoms with van der Waals surface area (Å²) in [5.74, 6) is 0. The van der Waals surface area contributed by atoms with Crippen LogP contribution in [0.2, 0.25) is 0 Å². The van der Waals surface area contributed by atoms with Gasteiger partial charge in [-0.15, -0.1) is 0 Å². The highest BCUT2D eigenvalue weighted by atomic mass is 14.7. The van der Waals surface area contributed by atoms with Gasteiger partial charge in [-0.3, -0.25) is 4.98 Å². The molecule has 0 atom stereocenters. The molecule has 2 aromatic carbocycles. The first-order valence-corrected chi connectivity index (χ1v) is 9.33. The summed E-state index contributed by atoms with van der Waals surface area (Å²) in [4.78, 5) is 4.76. The fraction of sp³-hybridized carbons (Fsp3) is 0.320. The molecule has 0 radical (unpaired) electrons. The first-order chi connectivity index (χ1) is 12.2. The number of hydrogen-bond donors (Lipinski definition) is 0. The Morgan fingerprint density at radius 1 is 0.654 bits per heavy atom. The van der Waals surface area contributed by atoms with Crippen molar-refractivity contribution in [1.29, 1.82) is 0 Å². The first kappa shape index (κ1) is 18.4. The molecule has 0 unspecified atom stereocenters. The molecule has 0 bridgehead atoms. The molecule has 26 heavy (non-hydrogen) atoms. The lowest BCUT2D eigenvalue weighted by molar-refractivity contribution is 0.588. The van der Waals surface area contributed by atoms with E-state index in [1.54, 1.807) is 0 Å². The summed E-state index contributed by atoms with van der Waals surface area (Å²) in [6.45, 7) is 13.5. The van der Waals surface area contributed by atoms with E-state index in [0.717, 1.165) is 11.3 Å². The fourth-order valence-corrected chi connectivity index (χ4v) is 3.21. The van der Waals surface area contributed by atoms with E-state index in [4.69, 9.17) is 4.98 Å². The molecule has 1 nitrogen and oxygen atoms in total. The van der Waals surface area contributed by atoms with Crippen molar-refractivity contribution in [2.75, 3.05) is 0 Å². The molecule has 0 saturated carbocycles. The van der Waals surface area contributed by atoms with Crippen molar-refractivity contribution >= 4 is 0 Å². The highest BCUT2D eigenvalue weighted by molar-refractivity contribution is 5.74. The second-order valence-corrected chi connectivity index (χ2v) is 9.06. The molecule has 0 aliphatic rings. The maximum atomic E-state index is 4.76. The number of pyridine rings is 1. The van der Waals surface area contributed by atoms with Crippen LogP contribution in [-0.2, 0) is 10.8 Å². The Morgan fingerprint density at radius 3 is 1.81 bits per heavy atom. The monoisotopic (exact) mass is 343 g/mol. The quantitative estimate of drug-likeness (QED) is 0.487. The van der Waals surface area contributed by atoms with Crippen LogP contribution < -0.4 is 0 Å². The van der Waals surface area contributed by atoms with Gasteiger partial charge in [-0.05, 0) is 39.2 Å². The molecular formula is C25H29N. The normalized spacial score (nSPS) is 12.2. The van der Waals surface area contributed by atoms with Crippen LogP contribution in [0.3, 0.4) is 0 Å². The summed E-state index contributed by atoms with van der Waals surface area (Å²) in [7, 11) is 0. The molecule has 1 aromatic heterocycles. The second kappa shape index (κ2) is 6.72. The number of aromatic nitrogens is 1. The Morgan fingerprint density at radius 2 is 1.27 bits per heavy atom. The molecule has 0 amide bonds. The molecule has 0 aliphatic carbocycles. The minimum atomic E-state index is 0.0419. The maximum Gasteiger partial charge on any atom is 0.0708 e.